The van der Waals surface area contributed by atoms with Crippen LogP contribution in [-0.4, -0.2) is 44.2 Å². The van der Waals surface area contributed by atoms with E-state index in [1.165, 1.54) is 6.92 Å². The maximum absolute atomic E-state index is 11.2. The maximum Gasteiger partial charge on any atom is 0.490 e. The summed E-state index contributed by atoms with van der Waals surface area (Å²) in [5.41, 5.74) is 2.07. The molecule has 0 amide bonds. The zero-order valence-corrected chi connectivity index (χ0v) is 12.5. The van der Waals surface area contributed by atoms with Crippen LogP contribution in [0, 0.1) is 11.3 Å². The SMILES string of the molecule is CC(=O)c1ccc([N+](C)(C)C)c(C#N)c1.O=C(O)C(F)(F)F. The van der Waals surface area contributed by atoms with Gasteiger partial charge in [0.2, 0.25) is 0 Å². The highest BCUT2D eigenvalue weighted by molar-refractivity contribution is 5.95. The van der Waals surface area contributed by atoms with Gasteiger partial charge >= 0.3 is 12.1 Å². The number of nitrogens with zero attached hydrogens (tertiary/aromatic N) is 2. The molecule has 0 spiro atoms. The Kier molecular flexibility index (Phi) is 6.28. The molecule has 1 aromatic carbocycles. The fourth-order valence-electron chi connectivity index (χ4n) is 1.43. The van der Waals surface area contributed by atoms with Crippen LogP contribution in [0.4, 0.5) is 18.9 Å². The van der Waals surface area contributed by atoms with E-state index in [1.807, 2.05) is 27.2 Å². The third-order valence-corrected chi connectivity index (χ3v) is 2.49. The van der Waals surface area contributed by atoms with E-state index in [2.05, 4.69) is 6.07 Å². The van der Waals surface area contributed by atoms with E-state index in [9.17, 15) is 18.0 Å². The Bertz CT molecular complexity index is 611. The standard InChI is InChI=1S/C12H15N2O.C2HF3O2/c1-9(15)10-5-6-12(14(2,3)4)11(7-10)8-13;3-2(4,5)1(6)7/h5-7H,1-4H3;(H,6,7)/q+1;. The molecule has 0 saturated carbocycles. The van der Waals surface area contributed by atoms with Crippen molar-refractivity contribution in [3.05, 3.63) is 29.3 Å². The van der Waals surface area contributed by atoms with Crippen LogP contribution in [0.3, 0.4) is 0 Å². The van der Waals surface area contributed by atoms with Crippen molar-refractivity contribution in [2.45, 2.75) is 13.1 Å². The van der Waals surface area contributed by atoms with Crippen LogP contribution >= 0.6 is 0 Å². The number of carbonyl (C=O) groups is 2. The summed E-state index contributed by atoms with van der Waals surface area (Å²) in [6, 6.07) is 7.39. The number of halogens is 3. The van der Waals surface area contributed by atoms with E-state index in [4.69, 9.17) is 15.2 Å². The van der Waals surface area contributed by atoms with Gasteiger partial charge in [-0.3, -0.25) is 9.28 Å². The molecule has 0 bridgehead atoms. The average Bonchev–Trinajstić information content (AvgIpc) is 2.36. The highest BCUT2D eigenvalue weighted by Crippen LogP contribution is 2.23. The smallest absolute Gasteiger partial charge is 0.475 e. The van der Waals surface area contributed by atoms with Gasteiger partial charge in [0.05, 0.1) is 21.1 Å². The summed E-state index contributed by atoms with van der Waals surface area (Å²) in [6.45, 7) is 1.50. The molecule has 1 rings (SSSR count). The molecule has 1 aromatic rings. The van der Waals surface area contributed by atoms with Gasteiger partial charge in [-0.05, 0) is 19.1 Å². The molecule has 120 valence electrons. The second-order valence-corrected chi connectivity index (χ2v) is 5.22. The third-order valence-electron chi connectivity index (χ3n) is 2.49. The lowest BCUT2D eigenvalue weighted by Gasteiger charge is -2.24. The van der Waals surface area contributed by atoms with Gasteiger partial charge in [0.25, 0.3) is 0 Å². The molecule has 0 aliphatic rings. The summed E-state index contributed by atoms with van der Waals surface area (Å²) < 4.78 is 32.3. The zero-order chi connectivity index (χ0) is 17.7. The van der Waals surface area contributed by atoms with Gasteiger partial charge in [-0.1, -0.05) is 0 Å². The molecular weight excluding hydrogens is 301 g/mol. The Labute approximate surface area is 125 Å². The van der Waals surface area contributed by atoms with Gasteiger partial charge in [0.1, 0.15) is 17.3 Å². The minimum absolute atomic E-state index is 0.0144. The number of benzene rings is 1. The van der Waals surface area contributed by atoms with Crippen LogP contribution in [0.1, 0.15) is 22.8 Å². The van der Waals surface area contributed by atoms with Crippen molar-refractivity contribution in [1.29, 1.82) is 5.26 Å². The summed E-state index contributed by atoms with van der Waals surface area (Å²) in [7, 11) is 5.97. The molecule has 0 aliphatic carbocycles. The lowest BCUT2D eigenvalue weighted by Crippen LogP contribution is -2.35. The molecular formula is C14H16F3N2O3+. The topological polar surface area (TPSA) is 78.2 Å². The van der Waals surface area contributed by atoms with E-state index in [0.717, 1.165) is 5.69 Å². The molecule has 0 unspecified atom stereocenters. The zero-order valence-electron chi connectivity index (χ0n) is 12.5. The molecule has 0 saturated heterocycles. The number of nitriles is 1. The minimum Gasteiger partial charge on any atom is -0.475 e. The summed E-state index contributed by atoms with van der Waals surface area (Å²) in [5.74, 6) is -2.77. The van der Waals surface area contributed by atoms with Gasteiger partial charge in [-0.2, -0.15) is 18.4 Å². The molecule has 22 heavy (non-hydrogen) atoms. The monoisotopic (exact) mass is 317 g/mol. The number of Topliss-reactive ketones (excluding diaryl/α,β-unsaturated/α-hetero) is 1. The molecule has 1 N–H and O–H groups in total. The van der Waals surface area contributed by atoms with Crippen molar-refractivity contribution >= 4 is 17.4 Å². The van der Waals surface area contributed by atoms with Crippen molar-refractivity contribution in [2.24, 2.45) is 0 Å². The van der Waals surface area contributed by atoms with Crippen LogP contribution in [0.15, 0.2) is 18.2 Å². The van der Waals surface area contributed by atoms with E-state index in [-0.39, 0.29) is 5.78 Å². The average molecular weight is 317 g/mol. The fraction of sp³-hybridized carbons (Fsp3) is 0.357. The van der Waals surface area contributed by atoms with Gasteiger partial charge < -0.3 is 5.11 Å². The largest absolute Gasteiger partial charge is 0.490 e. The molecule has 0 radical (unpaired) electrons. The molecule has 5 nitrogen and oxygen atoms in total. The minimum atomic E-state index is -5.08. The Balaban J connectivity index is 0.000000534. The number of carbonyl (C=O) groups excluding carboxylic acids is 1. The fourth-order valence-corrected chi connectivity index (χ4v) is 1.43. The predicted octanol–water partition coefficient (Wildman–Crippen LogP) is 2.59. The van der Waals surface area contributed by atoms with Crippen molar-refractivity contribution < 1.29 is 27.9 Å². The lowest BCUT2D eigenvalue weighted by molar-refractivity contribution is -0.192. The van der Waals surface area contributed by atoms with E-state index in [1.54, 1.807) is 12.1 Å². The molecule has 0 aromatic heterocycles. The Morgan fingerprint density at radius 3 is 1.95 bits per heavy atom. The summed E-state index contributed by atoms with van der Waals surface area (Å²) in [5, 5.41) is 16.1. The van der Waals surface area contributed by atoms with E-state index >= 15 is 0 Å². The lowest BCUT2D eigenvalue weighted by atomic mass is 10.1. The summed E-state index contributed by atoms with van der Waals surface area (Å²) >= 11 is 0. The van der Waals surface area contributed by atoms with Crippen LogP contribution in [0.25, 0.3) is 0 Å². The number of aliphatic carboxylic acids is 1. The van der Waals surface area contributed by atoms with Crippen molar-refractivity contribution in [1.82, 2.24) is 4.48 Å². The maximum atomic E-state index is 11.2. The number of quaternary nitrogens is 1. The molecule has 0 heterocycles. The van der Waals surface area contributed by atoms with Gasteiger partial charge in [-0.25, -0.2) is 4.79 Å². The first kappa shape index (κ1) is 19.6. The van der Waals surface area contributed by atoms with Crippen LogP contribution in [0.5, 0.6) is 0 Å². The van der Waals surface area contributed by atoms with Crippen LogP contribution in [-0.2, 0) is 4.79 Å². The van der Waals surface area contributed by atoms with E-state index < -0.39 is 12.1 Å². The predicted molar refractivity (Wildman–Crippen MR) is 74.4 cm³/mol. The number of alkyl halides is 3. The molecule has 8 heteroatoms. The summed E-state index contributed by atoms with van der Waals surface area (Å²) in [6.07, 6.45) is -5.08. The quantitative estimate of drug-likeness (QED) is 0.672. The summed E-state index contributed by atoms with van der Waals surface area (Å²) in [4.78, 5) is 20.1. The van der Waals surface area contributed by atoms with Gasteiger partial charge in [0, 0.05) is 11.6 Å². The van der Waals surface area contributed by atoms with Gasteiger partial charge in [-0.15, -0.1) is 0 Å². The molecule has 0 atom stereocenters. The second kappa shape index (κ2) is 7.04. The Morgan fingerprint density at radius 2 is 1.68 bits per heavy atom. The number of rotatable bonds is 2. The number of hydrogen-bond acceptors (Lipinski definition) is 3. The van der Waals surface area contributed by atoms with Crippen molar-refractivity contribution in [2.75, 3.05) is 21.1 Å². The van der Waals surface area contributed by atoms with Crippen LogP contribution < -0.4 is 4.48 Å². The first-order valence-corrected chi connectivity index (χ1v) is 5.98. The highest BCUT2D eigenvalue weighted by atomic mass is 19.4. The first-order chi connectivity index (χ1) is 9.80. The van der Waals surface area contributed by atoms with Crippen molar-refractivity contribution in [3.63, 3.8) is 0 Å². The van der Waals surface area contributed by atoms with Gasteiger partial charge in [0.15, 0.2) is 5.78 Å². The van der Waals surface area contributed by atoms with Crippen molar-refractivity contribution in [3.8, 4) is 6.07 Å². The third kappa shape index (κ3) is 5.93. The van der Waals surface area contributed by atoms with E-state index in [0.29, 0.717) is 15.6 Å². The number of ketones is 1. The second-order valence-electron chi connectivity index (χ2n) is 5.22. The first-order valence-electron chi connectivity index (χ1n) is 5.98. The Hall–Kier alpha value is -2.40. The number of carboxylic acids is 1. The highest BCUT2D eigenvalue weighted by Gasteiger charge is 2.38. The molecule has 0 aliphatic heterocycles. The normalized spacial score (nSPS) is 11.0. The number of hydrogen-bond donors (Lipinski definition) is 1. The molecule has 0 fully saturated rings. The Morgan fingerprint density at radius 1 is 1.23 bits per heavy atom. The van der Waals surface area contributed by atoms with Crippen LogP contribution in [0.2, 0.25) is 0 Å². The number of carboxylic acid groups (broad SMARTS) is 1.